The van der Waals surface area contributed by atoms with Gasteiger partial charge in [-0.15, -0.1) is 0 Å². The van der Waals surface area contributed by atoms with Crippen molar-refractivity contribution in [2.75, 3.05) is 153 Å². The van der Waals surface area contributed by atoms with E-state index < -0.39 is 0 Å². The molecule has 2 saturated heterocycles. The zero-order valence-corrected chi connectivity index (χ0v) is 24.9. The van der Waals surface area contributed by atoms with Crippen LogP contribution in [0.1, 0.15) is 0 Å². The average molecular weight is 575 g/mol. The molecule has 14 heteroatoms. The van der Waals surface area contributed by atoms with E-state index in [1.807, 2.05) is 0 Å². The van der Waals surface area contributed by atoms with Gasteiger partial charge in [-0.25, -0.2) is 9.78 Å². The molecule has 14 nitrogen and oxygen atoms in total. The number of ether oxygens (including phenoxy) is 3. The Morgan fingerprint density at radius 3 is 1.00 bits per heavy atom. The molecule has 0 amide bonds. The molecule has 0 aromatic heterocycles. The molecule has 0 saturated carbocycles. The van der Waals surface area contributed by atoms with Crippen LogP contribution in [-0.4, -0.2) is 200 Å². The van der Waals surface area contributed by atoms with Gasteiger partial charge in [0.2, 0.25) is 0 Å². The van der Waals surface area contributed by atoms with Gasteiger partial charge in [-0.3, -0.25) is 43.8 Å². The summed E-state index contributed by atoms with van der Waals surface area (Å²) in [6, 6.07) is 0. The van der Waals surface area contributed by atoms with Crippen LogP contribution in [0.2, 0.25) is 0 Å². The molecule has 2 heterocycles. The van der Waals surface area contributed by atoms with E-state index in [0.717, 1.165) is 85.1 Å². The zero-order valence-electron chi connectivity index (χ0n) is 24.9. The highest BCUT2D eigenvalue weighted by molar-refractivity contribution is 5.72. The molecule has 0 radical (unpaired) electrons. The lowest BCUT2D eigenvalue weighted by atomic mass is 10.3. The Morgan fingerprint density at radius 1 is 0.450 bits per heavy atom. The highest BCUT2D eigenvalue weighted by Gasteiger charge is 2.22. The number of hydrogen-bond acceptors (Lipinski definition) is 14. The summed E-state index contributed by atoms with van der Waals surface area (Å²) in [4.78, 5) is 59.2. The number of esters is 3. The van der Waals surface area contributed by atoms with Crippen molar-refractivity contribution in [3.8, 4) is 0 Å². The first kappa shape index (κ1) is 34.3. The molecule has 0 aliphatic carbocycles. The normalized spacial score (nSPS) is 20.4. The maximum absolute atomic E-state index is 12.0. The maximum atomic E-state index is 12.0. The van der Waals surface area contributed by atoms with Gasteiger partial charge in [-0.1, -0.05) is 0 Å². The number of nitrogens with zero attached hydrogens (tertiary/aromatic N) is 6. The molecule has 2 aliphatic rings. The van der Waals surface area contributed by atoms with Crippen molar-refractivity contribution in [2.45, 2.75) is 0 Å². The summed E-state index contributed by atoms with van der Waals surface area (Å²) in [7, 11) is 5.73. The molecule has 0 aromatic rings. The van der Waals surface area contributed by atoms with E-state index in [-0.39, 0.29) is 37.5 Å². The lowest BCUT2D eigenvalue weighted by Gasteiger charge is -2.30. The van der Waals surface area contributed by atoms with Gasteiger partial charge in [0, 0.05) is 98.2 Å². The number of carbonyl (C=O) groups is 3. The van der Waals surface area contributed by atoms with Crippen LogP contribution in [0.25, 0.3) is 0 Å². The quantitative estimate of drug-likeness (QED) is 0.0788. The number of carbonyl (C=O) groups excluding carboxylic acids is 3. The molecular weight excluding hydrogens is 524 g/mol. The number of rotatable bonds is 13. The molecule has 0 spiro atoms. The Labute approximate surface area is 238 Å². The molecule has 232 valence electrons. The monoisotopic (exact) mass is 574 g/mol. The summed E-state index contributed by atoms with van der Waals surface area (Å²) < 4.78 is 14.7. The van der Waals surface area contributed by atoms with Crippen LogP contribution in [0.4, 0.5) is 0 Å². The van der Waals surface area contributed by atoms with Gasteiger partial charge in [0.15, 0.2) is 0 Å². The van der Waals surface area contributed by atoms with E-state index in [4.69, 9.17) is 24.0 Å². The van der Waals surface area contributed by atoms with Crippen LogP contribution in [0, 0.1) is 0 Å². The Kier molecular flexibility index (Phi) is 17.2. The number of hydrogen-bond donors (Lipinski definition) is 0. The lowest BCUT2D eigenvalue weighted by molar-refractivity contribution is -0.273. The fraction of sp³-hybridized carbons (Fsp3) is 0.885. The van der Waals surface area contributed by atoms with E-state index in [1.165, 1.54) is 28.4 Å². The minimum absolute atomic E-state index is 0.223. The third kappa shape index (κ3) is 14.1. The Bertz CT molecular complexity index is 718. The molecule has 0 atom stereocenters. The van der Waals surface area contributed by atoms with Gasteiger partial charge in [0.1, 0.15) is 0 Å². The van der Waals surface area contributed by atoms with Crippen LogP contribution < -0.4 is 0 Å². The summed E-state index contributed by atoms with van der Waals surface area (Å²) in [6.07, 6.45) is 0. The minimum atomic E-state index is -0.265. The van der Waals surface area contributed by atoms with Gasteiger partial charge in [-0.05, 0) is 0 Å². The molecule has 0 bridgehead atoms. The fourth-order valence-electron chi connectivity index (χ4n) is 4.79. The topological polar surface area (TPSA) is 117 Å². The largest absolute Gasteiger partial charge is 0.468 e. The minimum Gasteiger partial charge on any atom is -0.468 e. The first-order chi connectivity index (χ1) is 19.4. The highest BCUT2D eigenvalue weighted by Crippen LogP contribution is 2.05. The molecule has 2 fully saturated rings. The Morgan fingerprint density at radius 2 is 0.725 bits per heavy atom. The summed E-state index contributed by atoms with van der Waals surface area (Å²) in [5, 5.41) is 0. The molecule has 2 aliphatic heterocycles. The zero-order chi connectivity index (χ0) is 29.2. The summed E-state index contributed by atoms with van der Waals surface area (Å²) in [5.41, 5.74) is 0. The third-order valence-electron chi connectivity index (χ3n) is 7.48. The SMILES string of the molecule is COOCCN1CCN(CCN2CCN(CC(=O)OC)CCN(CC(=O)OC)CC2)CCN(CC(=O)OC)CC1. The first-order valence-corrected chi connectivity index (χ1v) is 14.1. The average Bonchev–Trinajstić information content (AvgIpc) is 3.11. The highest BCUT2D eigenvalue weighted by atomic mass is 17.2. The van der Waals surface area contributed by atoms with Gasteiger partial charge < -0.3 is 14.2 Å². The van der Waals surface area contributed by atoms with E-state index in [2.05, 4.69) is 29.4 Å². The standard InChI is InChI=1S/C26H50N6O8/c1-36-24(33)21-30-13-9-27(7-8-29(12-16-30)19-20-40-39-4)5-6-28-10-14-31(22-25(34)37-2)17-18-32(15-11-28)23-26(35)38-3/h5-23H2,1-4H3. The molecule has 2 rings (SSSR count). The van der Waals surface area contributed by atoms with Crippen molar-refractivity contribution in [2.24, 2.45) is 0 Å². The van der Waals surface area contributed by atoms with Crippen molar-refractivity contribution in [1.82, 2.24) is 29.4 Å². The van der Waals surface area contributed by atoms with Gasteiger partial charge in [-0.2, -0.15) is 0 Å². The summed E-state index contributed by atoms with van der Waals surface area (Å²) >= 11 is 0. The second-order valence-corrected chi connectivity index (χ2v) is 10.1. The van der Waals surface area contributed by atoms with Gasteiger partial charge in [0.05, 0.1) is 54.7 Å². The van der Waals surface area contributed by atoms with Crippen LogP contribution in [-0.2, 0) is 38.4 Å². The van der Waals surface area contributed by atoms with Crippen molar-refractivity contribution in [3.05, 3.63) is 0 Å². The predicted octanol–water partition coefficient (Wildman–Crippen LogP) is -2.08. The van der Waals surface area contributed by atoms with E-state index in [1.54, 1.807) is 0 Å². The van der Waals surface area contributed by atoms with Crippen molar-refractivity contribution in [3.63, 3.8) is 0 Å². The lowest BCUT2D eigenvalue weighted by Crippen LogP contribution is -2.44. The molecular formula is C26H50N6O8. The smallest absolute Gasteiger partial charge is 0.319 e. The van der Waals surface area contributed by atoms with Crippen LogP contribution in [0.3, 0.4) is 0 Å². The molecule has 40 heavy (non-hydrogen) atoms. The third-order valence-corrected chi connectivity index (χ3v) is 7.48. The van der Waals surface area contributed by atoms with Crippen molar-refractivity contribution >= 4 is 17.9 Å². The summed E-state index contributed by atoms with van der Waals surface area (Å²) in [6.45, 7) is 13.1. The number of methoxy groups -OCH3 is 3. The molecule has 0 aromatic carbocycles. The maximum Gasteiger partial charge on any atom is 0.319 e. The van der Waals surface area contributed by atoms with Gasteiger partial charge >= 0.3 is 17.9 Å². The predicted molar refractivity (Wildman–Crippen MR) is 148 cm³/mol. The Balaban J connectivity index is 2.02. The van der Waals surface area contributed by atoms with E-state index in [9.17, 15) is 14.4 Å². The van der Waals surface area contributed by atoms with Crippen molar-refractivity contribution < 1.29 is 38.4 Å². The van der Waals surface area contributed by atoms with Crippen LogP contribution in [0.15, 0.2) is 0 Å². The van der Waals surface area contributed by atoms with E-state index >= 15 is 0 Å². The Hall–Kier alpha value is -1.91. The van der Waals surface area contributed by atoms with Crippen LogP contribution in [0.5, 0.6) is 0 Å². The van der Waals surface area contributed by atoms with Crippen molar-refractivity contribution in [1.29, 1.82) is 0 Å². The second kappa shape index (κ2) is 20.0. The second-order valence-electron chi connectivity index (χ2n) is 10.1. The van der Waals surface area contributed by atoms with E-state index in [0.29, 0.717) is 19.7 Å². The van der Waals surface area contributed by atoms with Crippen LogP contribution >= 0.6 is 0 Å². The molecule has 0 N–H and O–H groups in total. The molecule has 0 unspecified atom stereocenters. The first-order valence-electron chi connectivity index (χ1n) is 14.1. The fourth-order valence-corrected chi connectivity index (χ4v) is 4.79. The summed E-state index contributed by atoms with van der Waals surface area (Å²) in [5.74, 6) is -0.761. The van der Waals surface area contributed by atoms with Gasteiger partial charge in [0.25, 0.3) is 0 Å².